The van der Waals surface area contributed by atoms with Crippen molar-refractivity contribution in [2.24, 2.45) is 10.9 Å². The van der Waals surface area contributed by atoms with E-state index in [2.05, 4.69) is 6.58 Å². The molecule has 0 aromatic heterocycles. The minimum Gasteiger partial charge on any atom is -0.508 e. The van der Waals surface area contributed by atoms with Gasteiger partial charge in [-0.05, 0) is 42.5 Å². The van der Waals surface area contributed by atoms with Gasteiger partial charge in [0, 0.05) is 29.3 Å². The number of aromatic hydroxyl groups is 1. The smallest absolute Gasteiger partial charge is 0.315 e. The number of esters is 1. The number of allylic oxidation sites excluding steroid dienone is 2. The average molecular weight is 415 g/mol. The lowest BCUT2D eigenvalue weighted by Gasteiger charge is -2.36. The first kappa shape index (κ1) is 20.8. The summed E-state index contributed by atoms with van der Waals surface area (Å²) in [5, 5.41) is 9.74. The fourth-order valence-electron chi connectivity index (χ4n) is 4.60. The second-order valence-corrected chi connectivity index (χ2v) is 8.02. The molecule has 0 radical (unpaired) electrons. The van der Waals surface area contributed by atoms with Gasteiger partial charge >= 0.3 is 5.97 Å². The molecule has 158 valence electrons. The Morgan fingerprint density at radius 1 is 1.13 bits per heavy atom. The van der Waals surface area contributed by atoms with Gasteiger partial charge in [-0.1, -0.05) is 55.1 Å². The van der Waals surface area contributed by atoms with Crippen LogP contribution < -0.4 is 0 Å². The van der Waals surface area contributed by atoms with E-state index in [-0.39, 0.29) is 24.1 Å². The molecule has 4 rings (SSSR count). The van der Waals surface area contributed by atoms with E-state index >= 15 is 0 Å². The van der Waals surface area contributed by atoms with Gasteiger partial charge < -0.3 is 9.84 Å². The summed E-state index contributed by atoms with van der Waals surface area (Å²) in [5.41, 5.74) is 3.86. The van der Waals surface area contributed by atoms with E-state index < -0.39 is 17.8 Å². The molecule has 2 aromatic rings. The van der Waals surface area contributed by atoms with Gasteiger partial charge in [-0.15, -0.1) is 0 Å². The van der Waals surface area contributed by atoms with E-state index in [1.54, 1.807) is 24.3 Å². The van der Waals surface area contributed by atoms with Gasteiger partial charge in [-0.2, -0.15) is 0 Å². The number of ether oxygens (including phenoxy) is 1. The SMILES string of the molecule is C=CCOC(=O)C1C(C)=NC2=C(C(=O)C[C@H](c3ccccc3)C2)[C@H]1c1ccc(O)cc1. The first-order chi connectivity index (χ1) is 15.0. The first-order valence-corrected chi connectivity index (χ1v) is 10.4. The lowest BCUT2D eigenvalue weighted by atomic mass is 9.69. The van der Waals surface area contributed by atoms with Gasteiger partial charge in [0.2, 0.25) is 0 Å². The number of phenolic OH excluding ortho intramolecular Hbond substituents is 1. The summed E-state index contributed by atoms with van der Waals surface area (Å²) >= 11 is 0. The largest absolute Gasteiger partial charge is 0.508 e. The Morgan fingerprint density at radius 2 is 1.84 bits per heavy atom. The third kappa shape index (κ3) is 4.08. The molecule has 0 amide bonds. The Hall–Kier alpha value is -3.47. The van der Waals surface area contributed by atoms with Crippen molar-refractivity contribution in [2.75, 3.05) is 6.61 Å². The lowest BCUT2D eigenvalue weighted by molar-refractivity contribution is -0.145. The summed E-state index contributed by atoms with van der Waals surface area (Å²) in [7, 11) is 0. The summed E-state index contributed by atoms with van der Waals surface area (Å²) in [6.07, 6.45) is 2.54. The number of nitrogens with zero attached hydrogens (tertiary/aromatic N) is 1. The number of phenols is 1. The van der Waals surface area contributed by atoms with Gasteiger partial charge in [-0.3, -0.25) is 14.6 Å². The number of ketones is 1. The fourth-order valence-corrected chi connectivity index (χ4v) is 4.60. The normalized spacial score (nSPS) is 23.1. The van der Waals surface area contributed by atoms with E-state index in [9.17, 15) is 14.7 Å². The summed E-state index contributed by atoms with van der Waals surface area (Å²) in [5.74, 6) is -1.41. The molecule has 5 heteroatoms. The van der Waals surface area contributed by atoms with Crippen LogP contribution in [0.4, 0.5) is 0 Å². The van der Waals surface area contributed by atoms with Crippen LogP contribution in [0, 0.1) is 5.92 Å². The number of hydrogen-bond acceptors (Lipinski definition) is 5. The maximum atomic E-state index is 13.4. The minimum absolute atomic E-state index is 0.00551. The van der Waals surface area contributed by atoms with Crippen molar-refractivity contribution in [1.82, 2.24) is 0 Å². The zero-order chi connectivity index (χ0) is 22.0. The van der Waals surface area contributed by atoms with Gasteiger partial charge in [-0.25, -0.2) is 0 Å². The van der Waals surface area contributed by atoms with Crippen molar-refractivity contribution in [3.63, 3.8) is 0 Å². The highest BCUT2D eigenvalue weighted by Gasteiger charge is 2.44. The number of Topliss-reactive ketones (excluding diaryl/α,β-unsaturated/α-hetero) is 1. The molecule has 1 aliphatic heterocycles. The van der Waals surface area contributed by atoms with E-state index in [0.29, 0.717) is 24.1 Å². The topological polar surface area (TPSA) is 76.0 Å². The molecule has 31 heavy (non-hydrogen) atoms. The molecule has 2 aliphatic rings. The van der Waals surface area contributed by atoms with Crippen LogP contribution in [0.25, 0.3) is 0 Å². The van der Waals surface area contributed by atoms with Crippen molar-refractivity contribution in [3.8, 4) is 5.75 Å². The van der Waals surface area contributed by atoms with Crippen molar-refractivity contribution in [2.45, 2.75) is 31.6 Å². The lowest BCUT2D eigenvalue weighted by Crippen LogP contribution is -2.38. The number of benzene rings is 2. The predicted octanol–water partition coefficient (Wildman–Crippen LogP) is 4.70. The second kappa shape index (κ2) is 8.72. The molecule has 1 unspecified atom stereocenters. The van der Waals surface area contributed by atoms with Gasteiger partial charge in [0.1, 0.15) is 18.3 Å². The standard InChI is InChI=1S/C26H25NO4/c1-3-13-31-26(30)23-16(2)27-21-14-19(17-7-5-4-6-8-17)15-22(29)25(21)24(23)18-9-11-20(28)12-10-18/h3-12,19,23-24,28H,1,13-15H2,2H3/t19-,23?,24+/m1/s1. The molecular formula is C26H25NO4. The number of aliphatic imine (C=N–C) groups is 1. The van der Waals surface area contributed by atoms with E-state index in [4.69, 9.17) is 9.73 Å². The highest BCUT2D eigenvalue weighted by molar-refractivity contribution is 6.09. The van der Waals surface area contributed by atoms with Gasteiger partial charge in [0.25, 0.3) is 0 Å². The Bertz CT molecular complexity index is 1070. The van der Waals surface area contributed by atoms with Crippen LogP contribution in [0.5, 0.6) is 5.75 Å². The molecule has 0 saturated heterocycles. The summed E-state index contributed by atoms with van der Waals surface area (Å²) in [6.45, 7) is 5.51. The predicted molar refractivity (Wildman–Crippen MR) is 119 cm³/mol. The Kier molecular flexibility index (Phi) is 5.85. The van der Waals surface area contributed by atoms with Gasteiger partial charge in [0.05, 0.1) is 0 Å². The molecule has 3 atom stereocenters. The molecule has 1 N–H and O–H groups in total. The van der Waals surface area contributed by atoms with Crippen molar-refractivity contribution in [1.29, 1.82) is 0 Å². The number of carbonyl (C=O) groups is 2. The van der Waals surface area contributed by atoms with Crippen LogP contribution in [0.1, 0.15) is 42.7 Å². The number of hydrogen-bond donors (Lipinski definition) is 1. The zero-order valence-corrected chi connectivity index (χ0v) is 17.5. The van der Waals surface area contributed by atoms with Crippen LogP contribution >= 0.6 is 0 Å². The molecule has 5 nitrogen and oxygen atoms in total. The van der Waals surface area contributed by atoms with Crippen LogP contribution in [-0.2, 0) is 14.3 Å². The highest BCUT2D eigenvalue weighted by atomic mass is 16.5. The molecule has 0 bridgehead atoms. The van der Waals surface area contributed by atoms with Crippen LogP contribution in [0.2, 0.25) is 0 Å². The third-order valence-electron chi connectivity index (χ3n) is 6.01. The average Bonchev–Trinajstić information content (AvgIpc) is 2.77. The molecule has 1 aliphatic carbocycles. The van der Waals surface area contributed by atoms with Crippen LogP contribution in [0.15, 0.2) is 83.5 Å². The van der Waals surface area contributed by atoms with Crippen LogP contribution in [0.3, 0.4) is 0 Å². The fraction of sp³-hybridized carbons (Fsp3) is 0.269. The van der Waals surface area contributed by atoms with Crippen molar-refractivity contribution < 1.29 is 19.4 Å². The quantitative estimate of drug-likeness (QED) is 0.567. The molecule has 0 spiro atoms. The van der Waals surface area contributed by atoms with Crippen molar-refractivity contribution >= 4 is 17.5 Å². The number of carbonyl (C=O) groups excluding carboxylic acids is 2. The van der Waals surface area contributed by atoms with E-state index in [1.165, 1.54) is 6.08 Å². The Morgan fingerprint density at radius 3 is 2.52 bits per heavy atom. The Labute approximate surface area is 181 Å². The molecule has 1 heterocycles. The molecule has 2 aromatic carbocycles. The monoisotopic (exact) mass is 415 g/mol. The zero-order valence-electron chi connectivity index (χ0n) is 17.5. The third-order valence-corrected chi connectivity index (χ3v) is 6.01. The molecule has 0 fully saturated rings. The summed E-state index contributed by atoms with van der Waals surface area (Å²) in [6, 6.07) is 16.6. The first-order valence-electron chi connectivity index (χ1n) is 10.4. The summed E-state index contributed by atoms with van der Waals surface area (Å²) < 4.78 is 5.36. The highest BCUT2D eigenvalue weighted by Crippen LogP contribution is 2.46. The van der Waals surface area contributed by atoms with Crippen molar-refractivity contribution in [3.05, 3.63) is 89.6 Å². The second-order valence-electron chi connectivity index (χ2n) is 8.02. The van der Waals surface area contributed by atoms with E-state index in [1.807, 2.05) is 37.3 Å². The summed E-state index contributed by atoms with van der Waals surface area (Å²) in [4.78, 5) is 31.1. The number of rotatable bonds is 5. The Balaban J connectivity index is 1.78. The maximum Gasteiger partial charge on any atom is 0.315 e. The maximum absolute atomic E-state index is 13.4. The van der Waals surface area contributed by atoms with Gasteiger partial charge in [0.15, 0.2) is 5.78 Å². The molecular weight excluding hydrogens is 390 g/mol. The van der Waals surface area contributed by atoms with Crippen LogP contribution in [-0.4, -0.2) is 29.2 Å². The minimum atomic E-state index is -0.694. The molecule has 0 saturated carbocycles. The van der Waals surface area contributed by atoms with E-state index in [0.717, 1.165) is 16.8 Å².